The van der Waals surface area contributed by atoms with E-state index in [2.05, 4.69) is 15.4 Å². The molecule has 1 aromatic rings. The van der Waals surface area contributed by atoms with Crippen molar-refractivity contribution in [1.29, 1.82) is 0 Å². The molecule has 0 spiro atoms. The van der Waals surface area contributed by atoms with Crippen LogP contribution >= 0.6 is 0 Å². The molecule has 23 heavy (non-hydrogen) atoms. The van der Waals surface area contributed by atoms with Crippen molar-refractivity contribution in [2.45, 2.75) is 0 Å². The van der Waals surface area contributed by atoms with E-state index in [0.29, 0.717) is 31.9 Å². The second-order valence-corrected chi connectivity index (χ2v) is 5.10. The maximum Gasteiger partial charge on any atom is 0.275 e. The van der Waals surface area contributed by atoms with E-state index in [1.165, 1.54) is 18.2 Å². The Hall–Kier alpha value is -2.94. The molecule has 1 fully saturated rings. The molecule has 0 atom stereocenters. The van der Waals surface area contributed by atoms with E-state index in [1.54, 1.807) is 6.07 Å². The Kier molecular flexibility index (Phi) is 3.94. The standard InChI is InChI=1S/C14H15N5O4/c15-13-11(14(20)17-16-13)8-9-7-10(19(21)22)1-2-12(9)18-3-5-23-6-4-18/h1-2,7-8H,3-6H2,(H2,15,16)(H,17,20). The van der Waals surface area contributed by atoms with Gasteiger partial charge in [0.1, 0.15) is 0 Å². The van der Waals surface area contributed by atoms with Gasteiger partial charge in [-0.2, -0.15) is 5.10 Å². The normalized spacial score (nSPS) is 19.7. The van der Waals surface area contributed by atoms with Crippen molar-refractivity contribution >= 4 is 29.2 Å². The number of amidine groups is 1. The summed E-state index contributed by atoms with van der Waals surface area (Å²) in [6, 6.07) is 4.55. The molecule has 3 rings (SSSR count). The number of anilines is 1. The van der Waals surface area contributed by atoms with Crippen molar-refractivity contribution in [3.8, 4) is 0 Å². The van der Waals surface area contributed by atoms with E-state index < -0.39 is 10.8 Å². The van der Waals surface area contributed by atoms with Crippen LogP contribution in [0.5, 0.6) is 0 Å². The van der Waals surface area contributed by atoms with Crippen LogP contribution in [0.1, 0.15) is 5.56 Å². The number of carbonyl (C=O) groups excluding carboxylic acids is 1. The molecule has 1 amide bonds. The lowest BCUT2D eigenvalue weighted by Crippen LogP contribution is -2.36. The zero-order chi connectivity index (χ0) is 16.4. The van der Waals surface area contributed by atoms with Crippen LogP contribution in [0.25, 0.3) is 6.08 Å². The summed E-state index contributed by atoms with van der Waals surface area (Å²) in [5, 5.41) is 14.7. The molecule has 0 aliphatic carbocycles. The number of nitro benzene ring substituents is 1. The van der Waals surface area contributed by atoms with Crippen molar-refractivity contribution in [3.63, 3.8) is 0 Å². The van der Waals surface area contributed by atoms with Gasteiger partial charge >= 0.3 is 0 Å². The fraction of sp³-hybridized carbons (Fsp3) is 0.286. The first-order valence-electron chi connectivity index (χ1n) is 7.03. The van der Waals surface area contributed by atoms with Crippen molar-refractivity contribution in [1.82, 2.24) is 5.43 Å². The van der Waals surface area contributed by atoms with Gasteiger partial charge in [0.05, 0.1) is 23.7 Å². The molecule has 0 bridgehead atoms. The summed E-state index contributed by atoms with van der Waals surface area (Å²) in [7, 11) is 0. The molecule has 9 nitrogen and oxygen atoms in total. The third-order valence-electron chi connectivity index (χ3n) is 3.67. The van der Waals surface area contributed by atoms with Crippen LogP contribution in [0.2, 0.25) is 0 Å². The molecule has 120 valence electrons. The number of nitro groups is 1. The number of hydrogen-bond acceptors (Lipinski definition) is 7. The summed E-state index contributed by atoms with van der Waals surface area (Å²) in [6.07, 6.45) is 1.53. The van der Waals surface area contributed by atoms with Crippen molar-refractivity contribution in [2.75, 3.05) is 31.2 Å². The van der Waals surface area contributed by atoms with Gasteiger partial charge in [-0.1, -0.05) is 0 Å². The highest BCUT2D eigenvalue weighted by Crippen LogP contribution is 2.28. The predicted octanol–water partition coefficient (Wildman–Crippen LogP) is 0.217. The molecular formula is C14H15N5O4. The van der Waals surface area contributed by atoms with Gasteiger partial charge in [-0.25, -0.2) is 5.43 Å². The van der Waals surface area contributed by atoms with Crippen LogP contribution in [-0.4, -0.2) is 43.0 Å². The summed E-state index contributed by atoms with van der Waals surface area (Å²) < 4.78 is 5.32. The maximum absolute atomic E-state index is 11.8. The molecule has 0 saturated carbocycles. The highest BCUT2D eigenvalue weighted by molar-refractivity contribution is 6.26. The minimum atomic E-state index is -0.475. The van der Waals surface area contributed by atoms with Gasteiger partial charge in [0.2, 0.25) is 0 Å². The lowest BCUT2D eigenvalue weighted by molar-refractivity contribution is -0.384. The molecule has 0 radical (unpaired) electrons. The number of rotatable bonds is 3. The van der Waals surface area contributed by atoms with Crippen LogP contribution in [0.4, 0.5) is 11.4 Å². The topological polar surface area (TPSA) is 123 Å². The summed E-state index contributed by atoms with van der Waals surface area (Å²) in [5.74, 6) is -0.364. The quantitative estimate of drug-likeness (QED) is 0.467. The smallest absolute Gasteiger partial charge is 0.275 e. The Morgan fingerprint density at radius 1 is 1.39 bits per heavy atom. The molecule has 0 unspecified atom stereocenters. The van der Waals surface area contributed by atoms with Crippen molar-refractivity contribution < 1.29 is 14.5 Å². The van der Waals surface area contributed by atoms with Gasteiger partial charge in [0.15, 0.2) is 5.84 Å². The minimum absolute atomic E-state index is 0.0530. The molecule has 1 saturated heterocycles. The number of hydrogen-bond donors (Lipinski definition) is 2. The predicted molar refractivity (Wildman–Crippen MR) is 83.9 cm³/mol. The Bertz CT molecular complexity index is 722. The van der Waals surface area contributed by atoms with Gasteiger partial charge in [-0.3, -0.25) is 14.9 Å². The summed E-state index contributed by atoms with van der Waals surface area (Å²) in [4.78, 5) is 24.4. The van der Waals surface area contributed by atoms with Gasteiger partial charge < -0.3 is 15.4 Å². The number of amides is 1. The third kappa shape index (κ3) is 2.99. The lowest BCUT2D eigenvalue weighted by atomic mass is 10.1. The Morgan fingerprint density at radius 2 is 2.13 bits per heavy atom. The van der Waals surface area contributed by atoms with E-state index >= 15 is 0 Å². The third-order valence-corrected chi connectivity index (χ3v) is 3.67. The first-order valence-corrected chi connectivity index (χ1v) is 7.03. The van der Waals surface area contributed by atoms with Crippen molar-refractivity contribution in [3.05, 3.63) is 39.4 Å². The Balaban J connectivity index is 2.06. The average Bonchev–Trinajstić information content (AvgIpc) is 2.87. The van der Waals surface area contributed by atoms with E-state index in [9.17, 15) is 14.9 Å². The number of benzene rings is 1. The second kappa shape index (κ2) is 6.05. The van der Waals surface area contributed by atoms with Crippen molar-refractivity contribution in [2.24, 2.45) is 10.8 Å². The number of hydrazone groups is 1. The molecular weight excluding hydrogens is 302 g/mol. The number of non-ortho nitro benzene ring substituents is 1. The summed E-state index contributed by atoms with van der Waals surface area (Å²) in [6.45, 7) is 2.50. The zero-order valence-electron chi connectivity index (χ0n) is 12.2. The van der Waals surface area contributed by atoms with E-state index in [0.717, 1.165) is 5.69 Å². The highest BCUT2D eigenvalue weighted by Gasteiger charge is 2.22. The number of nitrogens with zero attached hydrogens (tertiary/aromatic N) is 3. The number of carbonyl (C=O) groups is 1. The number of ether oxygens (including phenoxy) is 1. The molecule has 9 heteroatoms. The Morgan fingerprint density at radius 3 is 2.74 bits per heavy atom. The molecule has 2 aliphatic rings. The first kappa shape index (κ1) is 15.0. The second-order valence-electron chi connectivity index (χ2n) is 5.10. The monoisotopic (exact) mass is 317 g/mol. The van der Waals surface area contributed by atoms with Crippen LogP contribution in [0.15, 0.2) is 28.9 Å². The molecule has 3 N–H and O–H groups in total. The highest BCUT2D eigenvalue weighted by atomic mass is 16.6. The summed E-state index contributed by atoms with van der Waals surface area (Å²) >= 11 is 0. The zero-order valence-corrected chi connectivity index (χ0v) is 12.2. The van der Waals surface area contributed by atoms with Gasteiger partial charge in [-0.15, -0.1) is 0 Å². The first-order chi connectivity index (χ1) is 11.1. The lowest BCUT2D eigenvalue weighted by Gasteiger charge is -2.30. The van der Waals surface area contributed by atoms with Crippen LogP contribution in [0.3, 0.4) is 0 Å². The van der Waals surface area contributed by atoms with E-state index in [4.69, 9.17) is 10.5 Å². The van der Waals surface area contributed by atoms with Gasteiger partial charge in [0.25, 0.3) is 11.6 Å². The number of morpholine rings is 1. The molecule has 1 aromatic carbocycles. The summed E-state index contributed by atoms with van der Waals surface area (Å²) in [5.41, 5.74) is 9.42. The fourth-order valence-corrected chi connectivity index (χ4v) is 2.51. The molecule has 0 aromatic heterocycles. The van der Waals surface area contributed by atoms with Gasteiger partial charge in [0, 0.05) is 36.5 Å². The number of nitrogens with two attached hydrogens (primary N) is 1. The van der Waals surface area contributed by atoms with E-state index in [1.807, 2.05) is 0 Å². The van der Waals surface area contributed by atoms with Crippen LogP contribution in [-0.2, 0) is 9.53 Å². The molecule has 2 aliphatic heterocycles. The van der Waals surface area contributed by atoms with E-state index in [-0.39, 0.29) is 17.1 Å². The SMILES string of the molecule is NC1=NNC(=O)C1=Cc1cc([N+](=O)[O-])ccc1N1CCOCC1. The maximum atomic E-state index is 11.8. The Labute approximate surface area is 131 Å². The number of nitrogens with one attached hydrogen (secondary N) is 1. The largest absolute Gasteiger partial charge is 0.382 e. The van der Waals surface area contributed by atoms with Gasteiger partial charge in [-0.05, 0) is 12.1 Å². The molecule has 2 heterocycles. The van der Waals surface area contributed by atoms with Crippen LogP contribution < -0.4 is 16.1 Å². The average molecular weight is 317 g/mol. The minimum Gasteiger partial charge on any atom is -0.382 e. The van der Waals surface area contributed by atoms with Crippen LogP contribution in [0, 0.1) is 10.1 Å². The fourth-order valence-electron chi connectivity index (χ4n) is 2.51.